The third-order valence-corrected chi connectivity index (χ3v) is 2.02. The van der Waals surface area contributed by atoms with Crippen molar-refractivity contribution in [2.24, 2.45) is 5.92 Å². The quantitative estimate of drug-likeness (QED) is 0.650. The number of hydrogen-bond acceptors (Lipinski definition) is 3. The zero-order valence-corrected chi connectivity index (χ0v) is 8.97. The monoisotopic (exact) mass is 229 g/mol. The number of aliphatic hydroxyl groups is 1. The van der Waals surface area contributed by atoms with E-state index in [1.807, 2.05) is 13.8 Å². The molecule has 6 heteroatoms. The minimum absolute atomic E-state index is 0.0202. The second-order valence-corrected chi connectivity index (χ2v) is 3.61. The first-order chi connectivity index (χ1) is 6.87. The first-order valence-corrected chi connectivity index (χ1v) is 4.91. The molecule has 0 amide bonds. The van der Waals surface area contributed by atoms with Crippen LogP contribution in [0.4, 0.5) is 13.2 Å². The normalized spacial score (nSPS) is 14.6. The topological polar surface area (TPSA) is 41.5 Å². The molecule has 0 aromatic heterocycles. The van der Waals surface area contributed by atoms with Gasteiger partial charge in [0.05, 0.1) is 6.61 Å². The van der Waals surface area contributed by atoms with Gasteiger partial charge in [0.15, 0.2) is 0 Å². The van der Waals surface area contributed by atoms with Gasteiger partial charge in [-0.05, 0) is 12.3 Å². The van der Waals surface area contributed by atoms with Crippen LogP contribution in [0.1, 0.15) is 20.3 Å². The van der Waals surface area contributed by atoms with E-state index in [-0.39, 0.29) is 25.1 Å². The van der Waals surface area contributed by atoms with E-state index in [4.69, 9.17) is 5.11 Å². The largest absolute Gasteiger partial charge is 0.522 e. The lowest BCUT2D eigenvalue weighted by Gasteiger charge is -2.21. The van der Waals surface area contributed by atoms with Crippen LogP contribution in [0.25, 0.3) is 0 Å². The van der Waals surface area contributed by atoms with Crippen molar-refractivity contribution in [3.05, 3.63) is 0 Å². The minimum atomic E-state index is -4.56. The lowest BCUT2D eigenvalue weighted by Crippen LogP contribution is -2.37. The molecular formula is C9H18F3NO2. The standard InChI is InChI=1S/C9H18F3NO2/c1-7(2)8(3-5-14)13-4-6-15-9(10,11)12/h7-8,13-14H,3-6H2,1-2H3. The Morgan fingerprint density at radius 1 is 1.33 bits per heavy atom. The van der Waals surface area contributed by atoms with Crippen LogP contribution in [-0.2, 0) is 4.74 Å². The summed E-state index contributed by atoms with van der Waals surface area (Å²) in [4.78, 5) is 0. The zero-order valence-electron chi connectivity index (χ0n) is 8.97. The van der Waals surface area contributed by atoms with Gasteiger partial charge in [-0.1, -0.05) is 13.8 Å². The van der Waals surface area contributed by atoms with Gasteiger partial charge < -0.3 is 10.4 Å². The number of hydrogen-bond donors (Lipinski definition) is 2. The van der Waals surface area contributed by atoms with Gasteiger partial charge in [-0.15, -0.1) is 13.2 Å². The molecule has 0 spiro atoms. The summed E-state index contributed by atoms with van der Waals surface area (Å²) in [7, 11) is 0. The van der Waals surface area contributed by atoms with Crippen molar-refractivity contribution in [3.8, 4) is 0 Å². The van der Waals surface area contributed by atoms with Crippen LogP contribution in [0.3, 0.4) is 0 Å². The summed E-state index contributed by atoms with van der Waals surface area (Å²) in [6.45, 7) is 3.63. The van der Waals surface area contributed by atoms with E-state index < -0.39 is 13.0 Å². The third-order valence-electron chi connectivity index (χ3n) is 2.02. The second-order valence-electron chi connectivity index (χ2n) is 3.61. The molecule has 0 fully saturated rings. The van der Waals surface area contributed by atoms with Gasteiger partial charge in [0.25, 0.3) is 0 Å². The summed E-state index contributed by atoms with van der Waals surface area (Å²) in [5.41, 5.74) is 0. The Balaban J connectivity index is 3.62. The van der Waals surface area contributed by atoms with Crippen molar-refractivity contribution < 1.29 is 23.0 Å². The van der Waals surface area contributed by atoms with Gasteiger partial charge in [-0.3, -0.25) is 4.74 Å². The molecule has 0 bridgehead atoms. The van der Waals surface area contributed by atoms with Gasteiger partial charge in [-0.25, -0.2) is 0 Å². The number of ether oxygens (including phenoxy) is 1. The maximum absolute atomic E-state index is 11.6. The van der Waals surface area contributed by atoms with Crippen LogP contribution >= 0.6 is 0 Å². The maximum Gasteiger partial charge on any atom is 0.522 e. The molecule has 15 heavy (non-hydrogen) atoms. The van der Waals surface area contributed by atoms with Gasteiger partial charge in [0.2, 0.25) is 0 Å². The van der Waals surface area contributed by atoms with E-state index in [1.54, 1.807) is 0 Å². The molecule has 2 N–H and O–H groups in total. The molecule has 0 saturated heterocycles. The highest BCUT2D eigenvalue weighted by Gasteiger charge is 2.28. The Labute approximate surface area is 87.6 Å². The molecule has 0 radical (unpaired) electrons. The third kappa shape index (κ3) is 8.65. The molecule has 0 aromatic rings. The van der Waals surface area contributed by atoms with Crippen LogP contribution in [0, 0.1) is 5.92 Å². The number of alkyl halides is 3. The van der Waals surface area contributed by atoms with Crippen LogP contribution in [-0.4, -0.2) is 37.3 Å². The minimum Gasteiger partial charge on any atom is -0.396 e. The summed E-state index contributed by atoms with van der Waals surface area (Å²) in [6, 6.07) is 0.0202. The molecule has 0 saturated carbocycles. The van der Waals surface area contributed by atoms with Crippen LogP contribution < -0.4 is 5.32 Å². The lowest BCUT2D eigenvalue weighted by atomic mass is 10.0. The van der Waals surface area contributed by atoms with Crippen LogP contribution in [0.5, 0.6) is 0 Å². The average molecular weight is 229 g/mol. The average Bonchev–Trinajstić information content (AvgIpc) is 2.08. The van der Waals surface area contributed by atoms with Crippen molar-refractivity contribution in [2.45, 2.75) is 32.7 Å². The van der Waals surface area contributed by atoms with Crippen molar-refractivity contribution in [2.75, 3.05) is 19.8 Å². The Morgan fingerprint density at radius 3 is 2.33 bits per heavy atom. The van der Waals surface area contributed by atoms with Crippen LogP contribution in [0.15, 0.2) is 0 Å². The molecule has 0 rings (SSSR count). The summed E-state index contributed by atoms with van der Waals surface area (Å²) in [6.07, 6.45) is -4.03. The summed E-state index contributed by atoms with van der Waals surface area (Å²) < 4.78 is 38.4. The molecule has 0 aliphatic rings. The van der Waals surface area contributed by atoms with Gasteiger partial charge in [0.1, 0.15) is 0 Å². The summed E-state index contributed by atoms with van der Waals surface area (Å²) in [5, 5.41) is 11.6. The predicted octanol–water partition coefficient (Wildman–Crippen LogP) is 1.52. The number of rotatable bonds is 7. The van der Waals surface area contributed by atoms with Crippen LogP contribution in [0.2, 0.25) is 0 Å². The smallest absolute Gasteiger partial charge is 0.396 e. The van der Waals surface area contributed by atoms with Gasteiger partial charge >= 0.3 is 6.36 Å². The molecule has 0 aliphatic carbocycles. The molecular weight excluding hydrogens is 211 g/mol. The number of halogens is 3. The van der Waals surface area contributed by atoms with Gasteiger partial charge in [-0.2, -0.15) is 0 Å². The highest BCUT2D eigenvalue weighted by atomic mass is 19.4. The Bertz CT molecular complexity index is 162. The van der Waals surface area contributed by atoms with E-state index in [0.717, 1.165) is 0 Å². The Hall–Kier alpha value is -0.330. The fourth-order valence-electron chi connectivity index (χ4n) is 1.22. The van der Waals surface area contributed by atoms with E-state index in [9.17, 15) is 13.2 Å². The molecule has 3 nitrogen and oxygen atoms in total. The fourth-order valence-corrected chi connectivity index (χ4v) is 1.22. The van der Waals surface area contributed by atoms with Crippen molar-refractivity contribution in [3.63, 3.8) is 0 Å². The highest BCUT2D eigenvalue weighted by molar-refractivity contribution is 4.69. The lowest BCUT2D eigenvalue weighted by molar-refractivity contribution is -0.323. The first kappa shape index (κ1) is 14.7. The van der Waals surface area contributed by atoms with Gasteiger partial charge in [0, 0.05) is 19.2 Å². The predicted molar refractivity (Wildman–Crippen MR) is 50.3 cm³/mol. The fraction of sp³-hybridized carbons (Fsp3) is 1.00. The first-order valence-electron chi connectivity index (χ1n) is 4.91. The Morgan fingerprint density at radius 2 is 1.93 bits per heavy atom. The Kier molecular flexibility index (Phi) is 6.87. The van der Waals surface area contributed by atoms with E-state index in [1.165, 1.54) is 0 Å². The molecule has 0 aromatic carbocycles. The zero-order chi connectivity index (χ0) is 11.9. The maximum atomic E-state index is 11.6. The molecule has 0 heterocycles. The highest BCUT2D eigenvalue weighted by Crippen LogP contribution is 2.15. The molecule has 0 aliphatic heterocycles. The summed E-state index contributed by atoms with van der Waals surface area (Å²) >= 11 is 0. The van der Waals surface area contributed by atoms with Crippen molar-refractivity contribution >= 4 is 0 Å². The number of aliphatic hydroxyl groups excluding tert-OH is 1. The molecule has 92 valence electrons. The van der Waals surface area contributed by atoms with Crippen molar-refractivity contribution in [1.29, 1.82) is 0 Å². The summed E-state index contributed by atoms with van der Waals surface area (Å²) in [5.74, 6) is 0.267. The van der Waals surface area contributed by atoms with E-state index >= 15 is 0 Å². The molecule has 1 unspecified atom stereocenters. The SMILES string of the molecule is CC(C)C(CCO)NCCOC(F)(F)F. The molecule has 1 atom stereocenters. The second kappa shape index (κ2) is 7.03. The number of nitrogens with one attached hydrogen (secondary N) is 1. The van der Waals surface area contributed by atoms with E-state index in [2.05, 4.69) is 10.1 Å². The van der Waals surface area contributed by atoms with Crippen molar-refractivity contribution in [1.82, 2.24) is 5.32 Å². The van der Waals surface area contributed by atoms with E-state index in [0.29, 0.717) is 6.42 Å².